The highest BCUT2D eigenvalue weighted by Crippen LogP contribution is 2.12. The lowest BCUT2D eigenvalue weighted by atomic mass is 10.3. The summed E-state index contributed by atoms with van der Waals surface area (Å²) in [6, 6.07) is 1.87. The van der Waals surface area contributed by atoms with E-state index in [0.717, 1.165) is 12.2 Å². The molecule has 0 aromatic carbocycles. The van der Waals surface area contributed by atoms with Gasteiger partial charge in [0.05, 0.1) is 13.2 Å². The molecule has 1 saturated heterocycles. The highest BCUT2D eigenvalue weighted by Gasteiger charge is 2.23. The van der Waals surface area contributed by atoms with E-state index in [4.69, 9.17) is 22.7 Å². The lowest BCUT2D eigenvalue weighted by molar-refractivity contribution is 0.0840. The summed E-state index contributed by atoms with van der Waals surface area (Å²) in [6.07, 6.45) is 1.55. The number of morpholine rings is 1. The summed E-state index contributed by atoms with van der Waals surface area (Å²) in [7, 11) is 0. The molecule has 0 amide bonds. The molecule has 1 aromatic heterocycles. The highest BCUT2D eigenvalue weighted by molar-refractivity contribution is 7.80. The standard InChI is InChI=1S/C10H14N4OS/c1-7-2-3-12-10(13-7)14-4-5-15-8(6-14)9(11)16/h2-3,8H,4-6H2,1H3,(H2,11,16). The van der Waals surface area contributed by atoms with Crippen LogP contribution in [0.5, 0.6) is 0 Å². The van der Waals surface area contributed by atoms with Crippen molar-refractivity contribution >= 4 is 23.2 Å². The number of nitrogens with two attached hydrogens (primary N) is 1. The maximum absolute atomic E-state index is 5.58. The van der Waals surface area contributed by atoms with Crippen molar-refractivity contribution in [3.63, 3.8) is 0 Å². The normalized spacial score (nSPS) is 20.8. The molecule has 1 aromatic rings. The molecule has 0 radical (unpaired) electrons. The van der Waals surface area contributed by atoms with Gasteiger partial charge in [-0.05, 0) is 13.0 Å². The molecule has 1 atom stereocenters. The summed E-state index contributed by atoms with van der Waals surface area (Å²) in [6.45, 7) is 3.93. The molecule has 0 bridgehead atoms. The first-order chi connectivity index (χ1) is 7.66. The topological polar surface area (TPSA) is 64.3 Å². The van der Waals surface area contributed by atoms with Gasteiger partial charge in [-0.1, -0.05) is 12.2 Å². The third-order valence-corrected chi connectivity index (χ3v) is 2.71. The molecule has 1 aliphatic rings. The maximum Gasteiger partial charge on any atom is 0.225 e. The highest BCUT2D eigenvalue weighted by atomic mass is 32.1. The number of hydrogen-bond donors (Lipinski definition) is 1. The minimum absolute atomic E-state index is 0.201. The molecule has 1 unspecified atom stereocenters. The Kier molecular flexibility index (Phi) is 3.31. The smallest absolute Gasteiger partial charge is 0.225 e. The summed E-state index contributed by atoms with van der Waals surface area (Å²) < 4.78 is 5.46. The Balaban J connectivity index is 2.12. The first kappa shape index (κ1) is 11.2. The Hall–Kier alpha value is -1.27. The van der Waals surface area contributed by atoms with E-state index in [1.54, 1.807) is 6.20 Å². The molecule has 6 heteroatoms. The number of aryl methyl sites for hydroxylation is 1. The van der Waals surface area contributed by atoms with Gasteiger partial charge in [0.2, 0.25) is 5.95 Å². The fraction of sp³-hybridized carbons (Fsp3) is 0.500. The van der Waals surface area contributed by atoms with Gasteiger partial charge in [-0.3, -0.25) is 0 Å². The van der Waals surface area contributed by atoms with Crippen LogP contribution in [0.3, 0.4) is 0 Å². The molecular formula is C10H14N4OS. The summed E-state index contributed by atoms with van der Waals surface area (Å²) in [5.41, 5.74) is 6.52. The first-order valence-corrected chi connectivity index (χ1v) is 5.53. The van der Waals surface area contributed by atoms with Gasteiger partial charge in [0.1, 0.15) is 11.1 Å². The zero-order chi connectivity index (χ0) is 11.5. The quantitative estimate of drug-likeness (QED) is 0.746. The summed E-state index contributed by atoms with van der Waals surface area (Å²) >= 11 is 4.93. The summed E-state index contributed by atoms with van der Waals surface area (Å²) in [4.78, 5) is 11.0. The van der Waals surface area contributed by atoms with E-state index in [1.807, 2.05) is 17.9 Å². The second-order valence-corrected chi connectivity index (χ2v) is 4.18. The fourth-order valence-electron chi connectivity index (χ4n) is 1.59. The molecule has 0 spiro atoms. The van der Waals surface area contributed by atoms with Crippen LogP contribution in [-0.2, 0) is 4.74 Å². The Morgan fingerprint density at radius 2 is 2.50 bits per heavy atom. The van der Waals surface area contributed by atoms with Crippen molar-refractivity contribution in [2.45, 2.75) is 13.0 Å². The van der Waals surface area contributed by atoms with Crippen molar-refractivity contribution in [2.24, 2.45) is 5.73 Å². The Morgan fingerprint density at radius 1 is 1.69 bits per heavy atom. The van der Waals surface area contributed by atoms with Gasteiger partial charge in [-0.2, -0.15) is 0 Å². The van der Waals surface area contributed by atoms with Gasteiger partial charge in [0, 0.05) is 18.4 Å². The van der Waals surface area contributed by atoms with E-state index in [1.165, 1.54) is 0 Å². The number of thiocarbonyl (C=S) groups is 1. The zero-order valence-corrected chi connectivity index (χ0v) is 9.91. The van der Waals surface area contributed by atoms with E-state index in [9.17, 15) is 0 Å². The average molecular weight is 238 g/mol. The molecule has 0 saturated carbocycles. The predicted molar refractivity (Wildman–Crippen MR) is 65.5 cm³/mol. The lowest BCUT2D eigenvalue weighted by Gasteiger charge is -2.32. The van der Waals surface area contributed by atoms with Gasteiger partial charge in [0.15, 0.2) is 0 Å². The summed E-state index contributed by atoms with van der Waals surface area (Å²) in [5.74, 6) is 0.713. The Morgan fingerprint density at radius 3 is 3.19 bits per heavy atom. The Bertz CT molecular complexity index is 398. The molecule has 1 fully saturated rings. The number of ether oxygens (including phenoxy) is 1. The van der Waals surface area contributed by atoms with Gasteiger partial charge in [0.25, 0.3) is 0 Å². The van der Waals surface area contributed by atoms with Crippen LogP contribution in [0.4, 0.5) is 5.95 Å². The van der Waals surface area contributed by atoms with Crippen molar-refractivity contribution in [1.82, 2.24) is 9.97 Å². The van der Waals surface area contributed by atoms with E-state index in [-0.39, 0.29) is 6.10 Å². The second kappa shape index (κ2) is 4.71. The molecule has 1 aliphatic heterocycles. The van der Waals surface area contributed by atoms with Crippen molar-refractivity contribution < 1.29 is 4.74 Å². The number of rotatable bonds is 2. The molecular weight excluding hydrogens is 224 g/mol. The fourth-order valence-corrected chi connectivity index (χ4v) is 1.73. The SMILES string of the molecule is Cc1ccnc(N2CCOC(C(N)=S)C2)n1. The molecule has 2 rings (SSSR count). The Labute approximate surface area is 99.6 Å². The molecule has 2 N–H and O–H groups in total. The van der Waals surface area contributed by atoms with Crippen LogP contribution in [0.25, 0.3) is 0 Å². The van der Waals surface area contributed by atoms with Gasteiger partial charge in [-0.15, -0.1) is 0 Å². The van der Waals surface area contributed by atoms with Crippen LogP contribution in [0, 0.1) is 6.92 Å². The number of hydrogen-bond acceptors (Lipinski definition) is 5. The molecule has 16 heavy (non-hydrogen) atoms. The number of nitrogens with zero attached hydrogens (tertiary/aromatic N) is 3. The van der Waals surface area contributed by atoms with Gasteiger partial charge >= 0.3 is 0 Å². The molecule has 86 valence electrons. The first-order valence-electron chi connectivity index (χ1n) is 5.12. The van der Waals surface area contributed by atoms with Crippen LogP contribution in [0.15, 0.2) is 12.3 Å². The monoisotopic (exact) mass is 238 g/mol. The van der Waals surface area contributed by atoms with Crippen molar-refractivity contribution in [1.29, 1.82) is 0 Å². The van der Waals surface area contributed by atoms with Crippen molar-refractivity contribution in [2.75, 3.05) is 24.6 Å². The average Bonchev–Trinajstić information content (AvgIpc) is 2.29. The van der Waals surface area contributed by atoms with E-state index in [0.29, 0.717) is 24.1 Å². The van der Waals surface area contributed by atoms with Crippen LogP contribution < -0.4 is 10.6 Å². The van der Waals surface area contributed by atoms with Crippen LogP contribution in [-0.4, -0.2) is 40.8 Å². The lowest BCUT2D eigenvalue weighted by Crippen LogP contribution is -2.48. The zero-order valence-electron chi connectivity index (χ0n) is 9.09. The third-order valence-electron chi connectivity index (χ3n) is 2.45. The number of aromatic nitrogens is 2. The van der Waals surface area contributed by atoms with E-state index < -0.39 is 0 Å². The minimum atomic E-state index is -0.201. The maximum atomic E-state index is 5.58. The largest absolute Gasteiger partial charge is 0.391 e. The molecule has 0 aliphatic carbocycles. The van der Waals surface area contributed by atoms with Crippen LogP contribution in [0.2, 0.25) is 0 Å². The van der Waals surface area contributed by atoms with Crippen LogP contribution >= 0.6 is 12.2 Å². The van der Waals surface area contributed by atoms with E-state index in [2.05, 4.69) is 9.97 Å². The third kappa shape index (κ3) is 2.45. The molecule has 5 nitrogen and oxygen atoms in total. The summed E-state index contributed by atoms with van der Waals surface area (Å²) in [5, 5.41) is 0. The minimum Gasteiger partial charge on any atom is -0.391 e. The predicted octanol–water partition coefficient (Wildman–Crippen LogP) is 0.276. The van der Waals surface area contributed by atoms with Crippen molar-refractivity contribution in [3.05, 3.63) is 18.0 Å². The second-order valence-electron chi connectivity index (χ2n) is 3.71. The molecule has 2 heterocycles. The van der Waals surface area contributed by atoms with Crippen LogP contribution in [0.1, 0.15) is 5.69 Å². The van der Waals surface area contributed by atoms with Gasteiger partial charge in [-0.25, -0.2) is 9.97 Å². The van der Waals surface area contributed by atoms with Crippen molar-refractivity contribution in [3.8, 4) is 0 Å². The number of anilines is 1. The van der Waals surface area contributed by atoms with Gasteiger partial charge < -0.3 is 15.4 Å². The van der Waals surface area contributed by atoms with E-state index >= 15 is 0 Å².